The highest BCUT2D eigenvalue weighted by atomic mass is 16.5. The minimum Gasteiger partial charge on any atom is -0.469 e. The molecule has 0 spiro atoms. The van der Waals surface area contributed by atoms with Crippen molar-refractivity contribution in [1.82, 2.24) is 0 Å². The lowest BCUT2D eigenvalue weighted by atomic mass is 10.1. The van der Waals surface area contributed by atoms with E-state index < -0.39 is 0 Å². The predicted molar refractivity (Wildman–Crippen MR) is 60.0 cm³/mol. The number of hydrogen-bond donors (Lipinski definition) is 1. The number of methoxy groups -OCH3 is 1. The van der Waals surface area contributed by atoms with E-state index in [1.54, 1.807) is 6.08 Å². The van der Waals surface area contributed by atoms with Crippen LogP contribution >= 0.6 is 0 Å². The normalized spacial score (nSPS) is 10.5. The Labute approximate surface area is 89.5 Å². The van der Waals surface area contributed by atoms with E-state index in [0.717, 1.165) is 11.1 Å². The lowest BCUT2D eigenvalue weighted by molar-refractivity contribution is -0.139. The van der Waals surface area contributed by atoms with Gasteiger partial charge in [0.15, 0.2) is 0 Å². The average Bonchev–Trinajstić information content (AvgIpc) is 2.29. The van der Waals surface area contributed by atoms with E-state index in [2.05, 4.69) is 4.74 Å². The van der Waals surface area contributed by atoms with E-state index in [9.17, 15) is 4.79 Å². The number of nitrogens with two attached hydrogens (primary N) is 1. The Bertz CT molecular complexity index is 358. The van der Waals surface area contributed by atoms with Crippen molar-refractivity contribution in [2.45, 2.75) is 13.0 Å². The fourth-order valence-corrected chi connectivity index (χ4v) is 1.20. The van der Waals surface area contributed by atoms with Crippen molar-refractivity contribution in [1.29, 1.82) is 0 Å². The summed E-state index contributed by atoms with van der Waals surface area (Å²) in [7, 11) is 1.38. The molecule has 0 fully saturated rings. The molecule has 0 heterocycles. The van der Waals surface area contributed by atoms with Gasteiger partial charge in [-0.1, -0.05) is 36.4 Å². The van der Waals surface area contributed by atoms with Gasteiger partial charge in [-0.15, -0.1) is 0 Å². The highest BCUT2D eigenvalue weighted by Gasteiger charge is 1.94. The summed E-state index contributed by atoms with van der Waals surface area (Å²) in [6.45, 7) is 0.526. The predicted octanol–water partition coefficient (Wildman–Crippen LogP) is 1.72. The van der Waals surface area contributed by atoms with Crippen molar-refractivity contribution in [3.8, 4) is 0 Å². The molecular formula is C12H15NO2. The van der Waals surface area contributed by atoms with Crippen molar-refractivity contribution in [3.63, 3.8) is 0 Å². The summed E-state index contributed by atoms with van der Waals surface area (Å²) in [5.74, 6) is -0.235. The molecule has 0 aliphatic carbocycles. The number of benzene rings is 1. The van der Waals surface area contributed by atoms with E-state index in [1.807, 2.05) is 30.3 Å². The van der Waals surface area contributed by atoms with Crippen LogP contribution in [0.4, 0.5) is 0 Å². The van der Waals surface area contributed by atoms with Crippen molar-refractivity contribution in [2.75, 3.05) is 7.11 Å². The number of esters is 1. The van der Waals surface area contributed by atoms with Gasteiger partial charge in [0.25, 0.3) is 0 Å². The van der Waals surface area contributed by atoms with Gasteiger partial charge in [-0.25, -0.2) is 0 Å². The molecule has 0 bridgehead atoms. The minimum atomic E-state index is -0.235. The fourth-order valence-electron chi connectivity index (χ4n) is 1.20. The second-order valence-corrected chi connectivity index (χ2v) is 3.13. The zero-order chi connectivity index (χ0) is 11.1. The van der Waals surface area contributed by atoms with Crippen LogP contribution in [0.25, 0.3) is 6.08 Å². The van der Waals surface area contributed by atoms with E-state index in [-0.39, 0.29) is 5.97 Å². The Morgan fingerprint density at radius 3 is 3.00 bits per heavy atom. The van der Waals surface area contributed by atoms with E-state index >= 15 is 0 Å². The molecule has 3 heteroatoms. The lowest BCUT2D eigenvalue weighted by Gasteiger charge is -1.98. The highest BCUT2D eigenvalue weighted by Crippen LogP contribution is 2.07. The molecule has 80 valence electrons. The molecule has 2 N–H and O–H groups in total. The Morgan fingerprint density at radius 2 is 2.33 bits per heavy atom. The Hall–Kier alpha value is -1.61. The molecule has 3 nitrogen and oxygen atoms in total. The highest BCUT2D eigenvalue weighted by molar-refractivity contribution is 5.72. The fraction of sp³-hybridized carbons (Fsp3) is 0.250. The molecule has 1 rings (SSSR count). The van der Waals surface area contributed by atoms with Crippen LogP contribution in [0.1, 0.15) is 17.5 Å². The first-order chi connectivity index (χ1) is 7.26. The second kappa shape index (κ2) is 5.98. The van der Waals surface area contributed by atoms with Crippen molar-refractivity contribution < 1.29 is 9.53 Å². The molecule has 1 aromatic carbocycles. The van der Waals surface area contributed by atoms with Crippen LogP contribution in [0.2, 0.25) is 0 Å². The van der Waals surface area contributed by atoms with Crippen LogP contribution in [-0.4, -0.2) is 13.1 Å². The van der Waals surface area contributed by atoms with Crippen molar-refractivity contribution >= 4 is 12.0 Å². The maximum atomic E-state index is 10.8. The zero-order valence-corrected chi connectivity index (χ0v) is 8.77. The SMILES string of the molecule is COC(=O)CC=Cc1cccc(CN)c1. The lowest BCUT2D eigenvalue weighted by Crippen LogP contribution is -1.97. The average molecular weight is 205 g/mol. The molecule has 0 unspecified atom stereocenters. The molecule has 0 radical (unpaired) electrons. The van der Waals surface area contributed by atoms with Crippen molar-refractivity contribution in [2.24, 2.45) is 5.73 Å². The first kappa shape index (κ1) is 11.5. The molecular weight excluding hydrogens is 190 g/mol. The van der Waals surface area contributed by atoms with Gasteiger partial charge in [-0.05, 0) is 11.1 Å². The van der Waals surface area contributed by atoms with Crippen LogP contribution in [0.5, 0.6) is 0 Å². The molecule has 0 aromatic heterocycles. The largest absolute Gasteiger partial charge is 0.469 e. The molecule has 0 aliphatic heterocycles. The van der Waals surface area contributed by atoms with Gasteiger partial charge in [-0.2, -0.15) is 0 Å². The Balaban J connectivity index is 2.59. The summed E-state index contributed by atoms with van der Waals surface area (Å²) in [4.78, 5) is 10.8. The first-order valence-electron chi connectivity index (χ1n) is 4.78. The van der Waals surface area contributed by atoms with Gasteiger partial charge in [0.2, 0.25) is 0 Å². The van der Waals surface area contributed by atoms with Gasteiger partial charge < -0.3 is 10.5 Å². The number of ether oxygens (including phenoxy) is 1. The molecule has 1 aromatic rings. The van der Waals surface area contributed by atoms with Gasteiger partial charge >= 0.3 is 5.97 Å². The van der Waals surface area contributed by atoms with Crippen LogP contribution in [0.15, 0.2) is 30.3 Å². The molecule has 0 aliphatic rings. The zero-order valence-electron chi connectivity index (χ0n) is 8.77. The summed E-state index contributed by atoms with van der Waals surface area (Å²) in [5, 5.41) is 0. The van der Waals surface area contributed by atoms with E-state index in [4.69, 9.17) is 5.73 Å². The molecule has 15 heavy (non-hydrogen) atoms. The standard InChI is InChI=1S/C12H15NO2/c1-15-12(14)7-3-5-10-4-2-6-11(8-10)9-13/h2-6,8H,7,9,13H2,1H3. The van der Waals surface area contributed by atoms with Crippen LogP contribution in [0.3, 0.4) is 0 Å². The number of carbonyl (C=O) groups excluding carboxylic acids is 1. The van der Waals surface area contributed by atoms with Crippen LogP contribution in [0, 0.1) is 0 Å². The molecule has 0 saturated carbocycles. The summed E-state index contributed by atoms with van der Waals surface area (Å²) in [5.41, 5.74) is 7.64. The van der Waals surface area contributed by atoms with Gasteiger partial charge in [0.1, 0.15) is 0 Å². The molecule has 0 atom stereocenters. The monoisotopic (exact) mass is 205 g/mol. The maximum Gasteiger partial charge on any atom is 0.309 e. The third-order valence-corrected chi connectivity index (χ3v) is 2.01. The van der Waals surface area contributed by atoms with E-state index in [0.29, 0.717) is 13.0 Å². The number of rotatable bonds is 4. The third kappa shape index (κ3) is 3.95. The summed E-state index contributed by atoms with van der Waals surface area (Å²) in [6.07, 6.45) is 3.96. The quantitative estimate of drug-likeness (QED) is 0.761. The third-order valence-electron chi connectivity index (χ3n) is 2.01. The topological polar surface area (TPSA) is 52.3 Å². The van der Waals surface area contributed by atoms with E-state index in [1.165, 1.54) is 7.11 Å². The molecule has 0 saturated heterocycles. The van der Waals surface area contributed by atoms with Crippen LogP contribution in [-0.2, 0) is 16.1 Å². The van der Waals surface area contributed by atoms with Gasteiger partial charge in [-0.3, -0.25) is 4.79 Å². The van der Waals surface area contributed by atoms with Crippen molar-refractivity contribution in [3.05, 3.63) is 41.5 Å². The number of hydrogen-bond acceptors (Lipinski definition) is 3. The van der Waals surface area contributed by atoms with Gasteiger partial charge in [0.05, 0.1) is 13.5 Å². The minimum absolute atomic E-state index is 0.235. The smallest absolute Gasteiger partial charge is 0.309 e. The Morgan fingerprint density at radius 1 is 1.53 bits per heavy atom. The Kier molecular flexibility index (Phi) is 4.57. The van der Waals surface area contributed by atoms with Crippen LogP contribution < -0.4 is 5.73 Å². The second-order valence-electron chi connectivity index (χ2n) is 3.13. The summed E-state index contributed by atoms with van der Waals surface area (Å²) in [6, 6.07) is 7.87. The first-order valence-corrected chi connectivity index (χ1v) is 4.78. The number of carbonyl (C=O) groups is 1. The summed E-state index contributed by atoms with van der Waals surface area (Å²) < 4.78 is 4.52. The van der Waals surface area contributed by atoms with Gasteiger partial charge in [0, 0.05) is 6.54 Å². The summed E-state index contributed by atoms with van der Waals surface area (Å²) >= 11 is 0. The maximum absolute atomic E-state index is 10.8. The molecule has 0 amide bonds.